The lowest BCUT2D eigenvalue weighted by Crippen LogP contribution is -2.40. The molecule has 1 saturated heterocycles. The first-order chi connectivity index (χ1) is 15.0. The van der Waals surface area contributed by atoms with Crippen LogP contribution in [0.3, 0.4) is 0 Å². The van der Waals surface area contributed by atoms with E-state index in [4.69, 9.17) is 0 Å². The molecule has 4 rings (SSSR count). The molecule has 0 bridgehead atoms. The molecular weight excluding hydrogens is 397 g/mol. The fourth-order valence-corrected chi connectivity index (χ4v) is 3.96. The Hall–Kier alpha value is -3.48. The molecule has 1 N–H and O–H groups in total. The first kappa shape index (κ1) is 20.8. The SMILES string of the molecule is O=C(Cn1cc(C(=O)C(=O)N2CCCCC2)c2ccccc21)NCc1ccccc1F. The minimum absolute atomic E-state index is 0.0415. The van der Waals surface area contributed by atoms with Crippen molar-refractivity contribution < 1.29 is 18.8 Å². The summed E-state index contributed by atoms with van der Waals surface area (Å²) in [7, 11) is 0. The second-order valence-corrected chi connectivity index (χ2v) is 7.74. The van der Waals surface area contributed by atoms with E-state index in [-0.39, 0.29) is 24.8 Å². The van der Waals surface area contributed by atoms with Gasteiger partial charge in [-0.1, -0.05) is 36.4 Å². The maximum absolute atomic E-state index is 13.8. The molecule has 31 heavy (non-hydrogen) atoms. The Kier molecular flexibility index (Phi) is 6.11. The summed E-state index contributed by atoms with van der Waals surface area (Å²) in [6.07, 6.45) is 4.45. The Balaban J connectivity index is 1.52. The van der Waals surface area contributed by atoms with Gasteiger partial charge in [-0.2, -0.15) is 0 Å². The van der Waals surface area contributed by atoms with Crippen molar-refractivity contribution in [2.75, 3.05) is 13.1 Å². The van der Waals surface area contributed by atoms with Crippen molar-refractivity contribution in [1.82, 2.24) is 14.8 Å². The molecule has 6 nitrogen and oxygen atoms in total. The number of nitrogens with one attached hydrogen (secondary N) is 1. The third-order valence-electron chi connectivity index (χ3n) is 5.62. The highest BCUT2D eigenvalue weighted by Crippen LogP contribution is 2.23. The zero-order chi connectivity index (χ0) is 21.8. The number of hydrogen-bond acceptors (Lipinski definition) is 3. The monoisotopic (exact) mass is 421 g/mol. The van der Waals surface area contributed by atoms with E-state index in [0.29, 0.717) is 35.1 Å². The molecule has 1 fully saturated rings. The molecule has 2 aromatic carbocycles. The fraction of sp³-hybridized carbons (Fsp3) is 0.292. The third-order valence-corrected chi connectivity index (χ3v) is 5.62. The minimum Gasteiger partial charge on any atom is -0.350 e. The molecule has 0 radical (unpaired) electrons. The number of Topliss-reactive ketones (excluding diaryl/α,β-unsaturated/α-hetero) is 1. The molecule has 1 aromatic heterocycles. The van der Waals surface area contributed by atoms with Crippen molar-refractivity contribution in [3.63, 3.8) is 0 Å². The number of piperidine rings is 1. The predicted octanol–water partition coefficient (Wildman–Crippen LogP) is 3.29. The third kappa shape index (κ3) is 4.50. The summed E-state index contributed by atoms with van der Waals surface area (Å²) in [6, 6.07) is 13.5. The number of carbonyl (C=O) groups is 3. The van der Waals surface area contributed by atoms with Crippen LogP contribution < -0.4 is 5.32 Å². The van der Waals surface area contributed by atoms with E-state index in [1.807, 2.05) is 12.1 Å². The van der Waals surface area contributed by atoms with Gasteiger partial charge in [0.05, 0.1) is 5.56 Å². The number of aromatic nitrogens is 1. The highest BCUT2D eigenvalue weighted by Gasteiger charge is 2.27. The summed E-state index contributed by atoms with van der Waals surface area (Å²) in [5.41, 5.74) is 1.39. The number of nitrogens with zero attached hydrogens (tertiary/aromatic N) is 2. The summed E-state index contributed by atoms with van der Waals surface area (Å²) < 4.78 is 15.4. The van der Waals surface area contributed by atoms with Crippen LogP contribution in [-0.4, -0.2) is 40.2 Å². The zero-order valence-electron chi connectivity index (χ0n) is 17.1. The van der Waals surface area contributed by atoms with Crippen LogP contribution >= 0.6 is 0 Å². The van der Waals surface area contributed by atoms with E-state index < -0.39 is 11.7 Å². The molecule has 2 amide bonds. The van der Waals surface area contributed by atoms with E-state index in [2.05, 4.69) is 5.32 Å². The van der Waals surface area contributed by atoms with Crippen LogP contribution in [-0.2, 0) is 22.7 Å². The van der Waals surface area contributed by atoms with E-state index in [0.717, 1.165) is 19.3 Å². The van der Waals surface area contributed by atoms with Gasteiger partial charge >= 0.3 is 0 Å². The topological polar surface area (TPSA) is 71.4 Å². The second-order valence-electron chi connectivity index (χ2n) is 7.74. The van der Waals surface area contributed by atoms with Crippen molar-refractivity contribution in [2.24, 2.45) is 0 Å². The second kappa shape index (κ2) is 9.12. The number of likely N-dealkylation sites (tertiary alicyclic amines) is 1. The molecule has 0 spiro atoms. The van der Waals surface area contributed by atoms with Crippen LogP contribution in [0.15, 0.2) is 54.7 Å². The van der Waals surface area contributed by atoms with Crippen LogP contribution in [0.2, 0.25) is 0 Å². The van der Waals surface area contributed by atoms with Gasteiger partial charge in [-0.25, -0.2) is 4.39 Å². The number of amides is 2. The lowest BCUT2D eigenvalue weighted by molar-refractivity contribution is -0.127. The smallest absolute Gasteiger partial charge is 0.295 e. The number of benzene rings is 2. The number of carbonyl (C=O) groups excluding carboxylic acids is 3. The normalized spacial score (nSPS) is 13.9. The Bertz CT molecular complexity index is 1130. The van der Waals surface area contributed by atoms with Crippen molar-refractivity contribution in [3.05, 3.63) is 71.7 Å². The lowest BCUT2D eigenvalue weighted by Gasteiger charge is -2.25. The molecule has 3 aromatic rings. The molecule has 1 aliphatic rings. The highest BCUT2D eigenvalue weighted by atomic mass is 19.1. The molecule has 2 heterocycles. The van der Waals surface area contributed by atoms with E-state index >= 15 is 0 Å². The van der Waals surface area contributed by atoms with Gasteiger partial charge in [-0.15, -0.1) is 0 Å². The number of fused-ring (bicyclic) bond motifs is 1. The van der Waals surface area contributed by atoms with Crippen LogP contribution in [0.5, 0.6) is 0 Å². The van der Waals surface area contributed by atoms with Crippen molar-refractivity contribution in [3.8, 4) is 0 Å². The van der Waals surface area contributed by atoms with Gasteiger partial charge in [0.15, 0.2) is 0 Å². The average molecular weight is 421 g/mol. The van der Waals surface area contributed by atoms with Gasteiger partial charge in [0, 0.05) is 42.3 Å². The zero-order valence-corrected chi connectivity index (χ0v) is 17.1. The first-order valence-electron chi connectivity index (χ1n) is 10.5. The maximum atomic E-state index is 13.8. The number of para-hydroxylation sites is 1. The molecule has 0 aliphatic carbocycles. The molecular formula is C24H24FN3O3. The van der Waals surface area contributed by atoms with Gasteiger partial charge in [-0.3, -0.25) is 14.4 Å². The summed E-state index contributed by atoms with van der Waals surface area (Å²) in [5.74, 6) is -1.74. The van der Waals surface area contributed by atoms with Crippen molar-refractivity contribution >= 4 is 28.5 Å². The van der Waals surface area contributed by atoms with Crippen LogP contribution in [0.25, 0.3) is 10.9 Å². The average Bonchev–Trinajstić information content (AvgIpc) is 3.16. The van der Waals surface area contributed by atoms with E-state index in [9.17, 15) is 18.8 Å². The summed E-state index contributed by atoms with van der Waals surface area (Å²) in [6.45, 7) is 1.23. The Morgan fingerprint density at radius 2 is 1.65 bits per heavy atom. The van der Waals surface area contributed by atoms with Gasteiger partial charge in [0.1, 0.15) is 12.4 Å². The van der Waals surface area contributed by atoms with Gasteiger partial charge in [0.25, 0.3) is 11.7 Å². The van der Waals surface area contributed by atoms with Crippen molar-refractivity contribution in [1.29, 1.82) is 0 Å². The highest BCUT2D eigenvalue weighted by molar-refractivity contribution is 6.44. The van der Waals surface area contributed by atoms with E-state index in [1.54, 1.807) is 46.0 Å². The number of halogens is 1. The van der Waals surface area contributed by atoms with Gasteiger partial charge < -0.3 is 14.8 Å². The fourth-order valence-electron chi connectivity index (χ4n) is 3.96. The molecule has 7 heteroatoms. The van der Waals surface area contributed by atoms with E-state index in [1.165, 1.54) is 6.07 Å². The van der Waals surface area contributed by atoms with Gasteiger partial charge in [-0.05, 0) is 31.4 Å². The quantitative estimate of drug-likeness (QED) is 0.490. The number of rotatable bonds is 6. The Labute approximate surface area is 179 Å². The maximum Gasteiger partial charge on any atom is 0.295 e. The Morgan fingerprint density at radius 1 is 0.935 bits per heavy atom. The van der Waals surface area contributed by atoms with Crippen molar-refractivity contribution in [2.45, 2.75) is 32.4 Å². The largest absolute Gasteiger partial charge is 0.350 e. The van der Waals surface area contributed by atoms with Gasteiger partial charge in [0.2, 0.25) is 5.91 Å². The summed E-state index contributed by atoms with van der Waals surface area (Å²) in [5, 5.41) is 3.34. The molecule has 0 unspecified atom stereocenters. The Morgan fingerprint density at radius 3 is 2.42 bits per heavy atom. The number of ketones is 1. The summed E-state index contributed by atoms with van der Waals surface area (Å²) in [4.78, 5) is 39.8. The van der Waals surface area contributed by atoms with Crippen LogP contribution in [0.1, 0.15) is 35.2 Å². The lowest BCUT2D eigenvalue weighted by atomic mass is 10.1. The predicted molar refractivity (Wildman–Crippen MR) is 115 cm³/mol. The van der Waals surface area contributed by atoms with Crippen LogP contribution in [0, 0.1) is 5.82 Å². The number of hydrogen-bond donors (Lipinski definition) is 1. The summed E-state index contributed by atoms with van der Waals surface area (Å²) >= 11 is 0. The molecule has 160 valence electrons. The first-order valence-corrected chi connectivity index (χ1v) is 10.5. The standard InChI is InChI=1S/C24H24FN3O3/c25-20-10-4-2-8-17(20)14-26-22(29)16-28-15-19(18-9-3-5-11-21(18)28)23(30)24(31)27-12-6-1-7-13-27/h2-5,8-11,15H,1,6-7,12-14,16H2,(H,26,29). The molecule has 1 aliphatic heterocycles. The minimum atomic E-state index is -0.552. The van der Waals surface area contributed by atoms with Crippen LogP contribution in [0.4, 0.5) is 4.39 Å². The molecule has 0 atom stereocenters. The molecule has 0 saturated carbocycles.